The molecular weight excluding hydrogens is 478 g/mol. The van der Waals surface area contributed by atoms with Crippen LogP contribution >= 0.6 is 15.2 Å². The van der Waals surface area contributed by atoms with Gasteiger partial charge in [0.2, 0.25) is 0 Å². The van der Waals surface area contributed by atoms with Crippen molar-refractivity contribution < 1.29 is 88.4 Å². The molecule has 0 aromatic rings. The summed E-state index contributed by atoms with van der Waals surface area (Å²) in [6.45, 7) is 0. The molecule has 0 saturated carbocycles. The van der Waals surface area contributed by atoms with Crippen molar-refractivity contribution in [2.45, 2.75) is 0 Å². The molecule has 84 valence electrons. The van der Waals surface area contributed by atoms with E-state index in [4.69, 9.17) is 19.8 Å². The molecule has 10 nitrogen and oxygen atoms in total. The molecule has 0 aliphatic carbocycles. The van der Waals surface area contributed by atoms with Crippen LogP contribution in [-0.2, 0) is 9.13 Å². The Labute approximate surface area is 114 Å². The van der Waals surface area contributed by atoms with Crippen LogP contribution in [0.3, 0.4) is 0 Å². The van der Waals surface area contributed by atoms with Gasteiger partial charge < -0.3 is 38.9 Å². The Hall–Kier alpha value is 0.565. The maximum atomic E-state index is 9.20. The third kappa shape index (κ3) is 14.6. The van der Waals surface area contributed by atoms with E-state index >= 15 is 0 Å². The van der Waals surface area contributed by atoms with E-state index in [0.29, 0.717) is 0 Å². The number of hydrogen-bond acceptors (Lipinski definition) is 8. The normalized spacial score (nSPS) is 10.4. The van der Waals surface area contributed by atoms with Gasteiger partial charge in [-0.3, -0.25) is 0 Å². The maximum Gasteiger partial charge on any atom is 4.00 e. The van der Waals surface area contributed by atoms with Gasteiger partial charge in [0, 0.05) is 15.2 Å². The Bertz CT molecular complexity index is 277. The molecule has 0 bridgehead atoms. The Morgan fingerprint density at radius 3 is 0.867 bits per heavy atom. The van der Waals surface area contributed by atoms with Crippen LogP contribution in [-0.4, -0.2) is 21.6 Å². The van der Waals surface area contributed by atoms with Crippen LogP contribution in [0.5, 0.6) is 0 Å². The first-order chi connectivity index (χ1) is 5.89. The van der Waals surface area contributed by atoms with Crippen LogP contribution in [0.4, 0.5) is 9.59 Å². The van der Waals surface area contributed by atoms with Crippen LogP contribution in [0, 0.1) is 39.9 Å². The quantitative estimate of drug-likeness (QED) is 0.388. The molecule has 0 saturated heterocycles. The van der Waals surface area contributed by atoms with Crippen LogP contribution in [0.15, 0.2) is 0 Å². The average molecular weight is 480 g/mol. The fraction of sp³-hybridized carbons (Fsp3) is 0. The van der Waals surface area contributed by atoms with E-state index in [1.165, 1.54) is 0 Å². The van der Waals surface area contributed by atoms with Crippen molar-refractivity contribution in [1.29, 1.82) is 0 Å². The minimum Gasteiger partial charge on any atom is -0.803 e. The summed E-state index contributed by atoms with van der Waals surface area (Å²) < 4.78 is 18.4. The topological polar surface area (TPSA) is 201 Å². The predicted molar refractivity (Wildman–Crippen MR) is 31.3 cm³/mol. The van der Waals surface area contributed by atoms with Gasteiger partial charge in [0.25, 0.3) is 0 Å². The Morgan fingerprint density at radius 2 is 0.867 bits per heavy atom. The van der Waals surface area contributed by atoms with Crippen LogP contribution in [0.2, 0.25) is 0 Å². The van der Waals surface area contributed by atoms with Crippen molar-refractivity contribution in [2.75, 3.05) is 0 Å². The summed E-state index contributed by atoms with van der Waals surface area (Å²) in [7, 11) is -10.6. The van der Waals surface area contributed by atoms with Gasteiger partial charge in [0.1, 0.15) is 0 Å². The number of carboxylic acid groups (broad SMARTS) is 2. The first-order valence-electron chi connectivity index (χ1n) is 2.40. The standard InChI is InChI=1S/2CH3O5P.Th/c2*2-1(3)7(4,5)6;/h2*(H,2,3)(H2,4,5,6);/q;;+4/p-4. The third-order valence-electron chi connectivity index (χ3n) is 0.469. The van der Waals surface area contributed by atoms with Gasteiger partial charge >= 0.3 is 51.4 Å². The van der Waals surface area contributed by atoms with Crippen molar-refractivity contribution in [3.63, 3.8) is 0 Å². The minimum absolute atomic E-state index is 0. The summed E-state index contributed by atoms with van der Waals surface area (Å²) in [6.07, 6.45) is 0. The van der Waals surface area contributed by atoms with Gasteiger partial charge in [-0.05, 0) is 0 Å². The van der Waals surface area contributed by atoms with E-state index in [-0.39, 0.29) is 39.9 Å². The molecule has 0 fully saturated rings. The number of hydrogen-bond donors (Lipinski definition) is 2. The second kappa shape index (κ2) is 7.78. The Balaban J connectivity index is -0.000000180. The van der Waals surface area contributed by atoms with Gasteiger partial charge in [-0.15, -0.1) is 0 Å². The SMILES string of the molecule is O=C(O)P(=O)([O-])[O-].O=C(O)P(=O)([O-])[O-].[Th+4]. The number of carbonyl (C=O) groups is 2. The maximum absolute atomic E-state index is 9.20. The molecular formula is C2H2O10P2Th. The monoisotopic (exact) mass is 480 g/mol. The fourth-order valence-corrected chi connectivity index (χ4v) is 0. The molecule has 0 spiro atoms. The van der Waals surface area contributed by atoms with Crippen LogP contribution in [0.25, 0.3) is 0 Å². The third-order valence-corrected chi connectivity index (χ3v) is 1.41. The molecule has 0 heterocycles. The van der Waals surface area contributed by atoms with E-state index in [1.807, 2.05) is 0 Å². The molecule has 2 N–H and O–H groups in total. The second-order valence-electron chi connectivity index (χ2n) is 1.56. The molecule has 0 aromatic carbocycles. The van der Waals surface area contributed by atoms with E-state index in [9.17, 15) is 28.7 Å². The fourth-order valence-electron chi connectivity index (χ4n) is 0. The summed E-state index contributed by atoms with van der Waals surface area (Å²) >= 11 is 0. The number of rotatable bonds is 2. The average Bonchev–Trinajstić information content (AvgIpc) is 1.83. The molecule has 0 atom stereocenters. The van der Waals surface area contributed by atoms with Crippen molar-refractivity contribution in [3.8, 4) is 0 Å². The largest absolute Gasteiger partial charge is 4.00 e. The zero-order valence-corrected chi connectivity index (χ0v) is 12.5. The van der Waals surface area contributed by atoms with E-state index < -0.39 is 26.6 Å². The zero-order chi connectivity index (χ0) is 12.2. The molecule has 0 aliphatic rings. The van der Waals surface area contributed by atoms with Gasteiger partial charge in [-0.2, -0.15) is 0 Å². The van der Waals surface area contributed by atoms with Gasteiger partial charge in [-0.1, -0.05) is 0 Å². The van der Waals surface area contributed by atoms with Gasteiger partial charge in [-0.25, -0.2) is 9.59 Å². The van der Waals surface area contributed by atoms with Crippen LogP contribution in [0.1, 0.15) is 0 Å². The molecule has 15 heavy (non-hydrogen) atoms. The first-order valence-corrected chi connectivity index (χ1v) is 5.48. The molecule has 0 rings (SSSR count). The molecule has 0 aliphatic heterocycles. The van der Waals surface area contributed by atoms with E-state index in [2.05, 4.69) is 0 Å². The van der Waals surface area contributed by atoms with Gasteiger partial charge in [0.05, 0.1) is 0 Å². The Morgan fingerprint density at radius 1 is 0.800 bits per heavy atom. The summed E-state index contributed by atoms with van der Waals surface area (Å²) in [5.74, 6) is 0. The summed E-state index contributed by atoms with van der Waals surface area (Å²) in [4.78, 5) is 55.1. The van der Waals surface area contributed by atoms with Crippen molar-refractivity contribution in [3.05, 3.63) is 0 Å². The smallest absolute Gasteiger partial charge is 0.803 e. The minimum atomic E-state index is -5.32. The molecule has 13 heteroatoms. The first kappa shape index (κ1) is 20.9. The molecule has 0 amide bonds. The van der Waals surface area contributed by atoms with Crippen molar-refractivity contribution >= 4 is 26.6 Å². The van der Waals surface area contributed by atoms with Crippen molar-refractivity contribution in [1.82, 2.24) is 0 Å². The van der Waals surface area contributed by atoms with E-state index in [1.54, 1.807) is 0 Å². The molecule has 0 radical (unpaired) electrons. The Kier molecular flexibility index (Phi) is 10.8. The molecule has 0 aromatic heterocycles. The van der Waals surface area contributed by atoms with E-state index in [0.717, 1.165) is 0 Å². The summed E-state index contributed by atoms with van der Waals surface area (Å²) in [5, 5.41) is 14.7. The summed E-state index contributed by atoms with van der Waals surface area (Å²) in [5.41, 5.74) is -4.62. The molecule has 0 unspecified atom stereocenters. The van der Waals surface area contributed by atoms with Gasteiger partial charge in [0.15, 0.2) is 0 Å². The zero-order valence-electron chi connectivity index (χ0n) is 6.55. The summed E-state index contributed by atoms with van der Waals surface area (Å²) in [6, 6.07) is 0. The van der Waals surface area contributed by atoms with Crippen LogP contribution < -0.4 is 19.6 Å². The van der Waals surface area contributed by atoms with Crippen molar-refractivity contribution in [2.24, 2.45) is 0 Å². The predicted octanol–water partition coefficient (Wildman–Crippen LogP) is -2.84. The second-order valence-corrected chi connectivity index (χ2v) is 4.32.